The summed E-state index contributed by atoms with van der Waals surface area (Å²) < 4.78 is 5.60. The fourth-order valence-electron chi connectivity index (χ4n) is 3.16. The molecule has 2 aliphatic rings. The quantitative estimate of drug-likeness (QED) is 0.835. The molecule has 2 atom stereocenters. The third-order valence-electron chi connectivity index (χ3n) is 5.18. The van der Waals surface area contributed by atoms with Crippen LogP contribution in [0, 0.1) is 12.3 Å². The predicted molar refractivity (Wildman–Crippen MR) is 88.2 cm³/mol. The summed E-state index contributed by atoms with van der Waals surface area (Å²) in [5.74, 6) is -0.372. The number of morpholine rings is 1. The first-order chi connectivity index (χ1) is 11.5. The van der Waals surface area contributed by atoms with E-state index in [1.54, 1.807) is 11.9 Å². The summed E-state index contributed by atoms with van der Waals surface area (Å²) in [4.78, 5) is 26.3. The summed E-state index contributed by atoms with van der Waals surface area (Å²) in [6.07, 6.45) is 1.10. The van der Waals surface area contributed by atoms with Crippen molar-refractivity contribution in [3.8, 4) is 0 Å². The zero-order chi connectivity index (χ0) is 17.3. The number of carbonyl (C=O) groups is 2. The summed E-state index contributed by atoms with van der Waals surface area (Å²) in [6.45, 7) is 2.39. The number of aliphatic hydroxyl groups excluding tert-OH is 1. The Labute approximate surface area is 141 Å². The van der Waals surface area contributed by atoms with Crippen LogP contribution in [0.1, 0.15) is 30.0 Å². The van der Waals surface area contributed by atoms with E-state index in [-0.39, 0.29) is 30.4 Å². The normalized spacial score (nSPS) is 25.5. The van der Waals surface area contributed by atoms with E-state index in [2.05, 4.69) is 5.32 Å². The lowest BCUT2D eigenvalue weighted by atomic mass is 9.94. The first-order valence-corrected chi connectivity index (χ1v) is 8.29. The average Bonchev–Trinajstić information content (AvgIpc) is 3.36. The van der Waals surface area contributed by atoms with Crippen molar-refractivity contribution in [3.05, 3.63) is 35.4 Å². The zero-order valence-electron chi connectivity index (χ0n) is 14.1. The van der Waals surface area contributed by atoms with Gasteiger partial charge in [-0.05, 0) is 30.9 Å². The van der Waals surface area contributed by atoms with Crippen molar-refractivity contribution in [2.45, 2.75) is 31.9 Å². The monoisotopic (exact) mass is 332 g/mol. The van der Waals surface area contributed by atoms with Crippen molar-refractivity contribution in [2.24, 2.45) is 5.41 Å². The number of benzene rings is 1. The first-order valence-electron chi connectivity index (χ1n) is 8.29. The van der Waals surface area contributed by atoms with Crippen LogP contribution in [0.3, 0.4) is 0 Å². The van der Waals surface area contributed by atoms with Crippen molar-refractivity contribution in [2.75, 3.05) is 26.8 Å². The highest BCUT2D eigenvalue weighted by molar-refractivity contribution is 5.86. The number of nitrogens with one attached hydrogen (secondary N) is 1. The van der Waals surface area contributed by atoms with Crippen molar-refractivity contribution < 1.29 is 19.4 Å². The number of aryl methyl sites for hydroxylation is 1. The molecule has 1 aromatic carbocycles. The van der Waals surface area contributed by atoms with Crippen molar-refractivity contribution in [3.63, 3.8) is 0 Å². The number of nitrogens with zero attached hydrogens (tertiary/aromatic N) is 1. The molecule has 0 bridgehead atoms. The number of carbonyl (C=O) groups excluding carboxylic acids is 2. The number of rotatable bonds is 5. The third kappa shape index (κ3) is 3.16. The minimum absolute atomic E-state index is 0.0818. The van der Waals surface area contributed by atoms with Gasteiger partial charge in [-0.15, -0.1) is 0 Å². The smallest absolute Gasteiger partial charge is 0.251 e. The van der Waals surface area contributed by atoms with Crippen LogP contribution in [-0.4, -0.2) is 54.7 Å². The molecule has 0 spiro atoms. The second-order valence-corrected chi connectivity index (χ2v) is 6.91. The molecule has 1 saturated heterocycles. The summed E-state index contributed by atoms with van der Waals surface area (Å²) >= 11 is 0. The lowest BCUT2D eigenvalue weighted by Crippen LogP contribution is -2.53. The lowest BCUT2D eigenvalue weighted by molar-refractivity contribution is -0.162. The number of ether oxygens (including phenoxy) is 1. The Morgan fingerprint density at radius 3 is 2.75 bits per heavy atom. The van der Waals surface area contributed by atoms with E-state index in [1.165, 1.54) is 0 Å². The third-order valence-corrected chi connectivity index (χ3v) is 5.18. The molecule has 130 valence electrons. The number of likely N-dealkylation sites (N-methyl/N-ethyl adjacent to an activating group) is 1. The van der Waals surface area contributed by atoms with Gasteiger partial charge >= 0.3 is 0 Å². The van der Waals surface area contributed by atoms with E-state index in [0.717, 1.165) is 24.0 Å². The summed E-state index contributed by atoms with van der Waals surface area (Å²) in [5, 5.41) is 12.3. The van der Waals surface area contributed by atoms with E-state index in [9.17, 15) is 14.7 Å². The van der Waals surface area contributed by atoms with Gasteiger partial charge in [-0.25, -0.2) is 0 Å². The molecule has 0 aromatic heterocycles. The van der Waals surface area contributed by atoms with E-state index in [1.807, 2.05) is 31.2 Å². The Kier molecular flexibility index (Phi) is 4.60. The summed E-state index contributed by atoms with van der Waals surface area (Å²) in [5.41, 5.74) is 1.76. The minimum atomic E-state index is -0.747. The van der Waals surface area contributed by atoms with Gasteiger partial charge in [-0.1, -0.05) is 24.3 Å². The average molecular weight is 332 g/mol. The Balaban J connectivity index is 1.80. The van der Waals surface area contributed by atoms with E-state index < -0.39 is 12.1 Å². The Morgan fingerprint density at radius 2 is 2.12 bits per heavy atom. The maximum atomic E-state index is 12.7. The minimum Gasteiger partial charge on any atom is -0.396 e. The lowest BCUT2D eigenvalue weighted by Gasteiger charge is -2.39. The topological polar surface area (TPSA) is 78.9 Å². The van der Waals surface area contributed by atoms with Crippen LogP contribution >= 0.6 is 0 Å². The SMILES string of the molecule is Cc1ccccc1[C@@H]1[C@@H](C(=O)NCC2(CO)CC2)OCC(=O)N1C. The van der Waals surface area contributed by atoms with Crippen molar-refractivity contribution >= 4 is 11.8 Å². The molecule has 0 radical (unpaired) electrons. The highest BCUT2D eigenvalue weighted by atomic mass is 16.5. The van der Waals surface area contributed by atoms with Crippen LogP contribution in [0.4, 0.5) is 0 Å². The van der Waals surface area contributed by atoms with Crippen LogP contribution < -0.4 is 5.32 Å². The van der Waals surface area contributed by atoms with Gasteiger partial charge in [-0.3, -0.25) is 9.59 Å². The van der Waals surface area contributed by atoms with Gasteiger partial charge in [0.05, 0.1) is 12.6 Å². The van der Waals surface area contributed by atoms with E-state index in [0.29, 0.717) is 6.54 Å². The molecule has 1 aliphatic heterocycles. The van der Waals surface area contributed by atoms with Crippen LogP contribution in [0.2, 0.25) is 0 Å². The second-order valence-electron chi connectivity index (χ2n) is 6.91. The highest BCUT2D eigenvalue weighted by Crippen LogP contribution is 2.44. The zero-order valence-corrected chi connectivity index (χ0v) is 14.1. The summed E-state index contributed by atoms with van der Waals surface area (Å²) in [7, 11) is 1.71. The Hall–Kier alpha value is -1.92. The van der Waals surface area contributed by atoms with E-state index >= 15 is 0 Å². The standard InChI is InChI=1S/C18H24N2O4/c1-12-5-3-4-6-13(12)15-16(24-9-14(22)20(15)2)17(23)19-10-18(11-21)7-8-18/h3-6,15-16,21H,7-11H2,1-2H3,(H,19,23)/t15-,16+/m1/s1. The van der Waals surface area contributed by atoms with Gasteiger partial charge in [0.1, 0.15) is 6.61 Å². The van der Waals surface area contributed by atoms with Gasteiger partial charge in [0, 0.05) is 19.0 Å². The van der Waals surface area contributed by atoms with Gasteiger partial charge in [0.15, 0.2) is 6.10 Å². The van der Waals surface area contributed by atoms with Crippen LogP contribution in [-0.2, 0) is 14.3 Å². The maximum Gasteiger partial charge on any atom is 0.251 e. The largest absolute Gasteiger partial charge is 0.396 e. The van der Waals surface area contributed by atoms with Crippen molar-refractivity contribution in [1.29, 1.82) is 0 Å². The second kappa shape index (κ2) is 6.53. The van der Waals surface area contributed by atoms with E-state index in [4.69, 9.17) is 4.74 Å². The maximum absolute atomic E-state index is 12.7. The predicted octanol–water partition coefficient (Wildman–Crippen LogP) is 0.782. The van der Waals surface area contributed by atoms with Gasteiger partial charge in [0.25, 0.3) is 5.91 Å². The highest BCUT2D eigenvalue weighted by Gasteiger charge is 2.44. The molecule has 6 heteroatoms. The molecule has 1 saturated carbocycles. The number of hydrogen-bond donors (Lipinski definition) is 2. The van der Waals surface area contributed by atoms with Crippen LogP contribution in [0.25, 0.3) is 0 Å². The molecule has 2 N–H and O–H groups in total. The van der Waals surface area contributed by atoms with Gasteiger partial charge < -0.3 is 20.1 Å². The molecule has 1 aromatic rings. The molecule has 3 rings (SSSR count). The Bertz CT molecular complexity index is 642. The van der Waals surface area contributed by atoms with Gasteiger partial charge in [0.2, 0.25) is 5.91 Å². The molecule has 0 unspecified atom stereocenters. The first kappa shape index (κ1) is 16.9. The van der Waals surface area contributed by atoms with Crippen LogP contribution in [0.5, 0.6) is 0 Å². The molecule has 2 amide bonds. The molecule has 2 fully saturated rings. The molecule has 24 heavy (non-hydrogen) atoms. The molecule has 1 heterocycles. The van der Waals surface area contributed by atoms with Crippen LogP contribution in [0.15, 0.2) is 24.3 Å². The molecular formula is C18H24N2O4. The fourth-order valence-corrected chi connectivity index (χ4v) is 3.16. The molecule has 1 aliphatic carbocycles. The molecular weight excluding hydrogens is 308 g/mol. The van der Waals surface area contributed by atoms with Crippen molar-refractivity contribution in [1.82, 2.24) is 10.2 Å². The number of amides is 2. The fraction of sp³-hybridized carbons (Fsp3) is 0.556. The number of aliphatic hydroxyl groups is 1. The summed E-state index contributed by atoms with van der Waals surface area (Å²) in [6, 6.07) is 7.26. The Morgan fingerprint density at radius 1 is 1.42 bits per heavy atom. The van der Waals surface area contributed by atoms with Gasteiger partial charge in [-0.2, -0.15) is 0 Å². The number of hydrogen-bond acceptors (Lipinski definition) is 4. The molecule has 6 nitrogen and oxygen atoms in total.